The minimum Gasteiger partial charge on any atom is -0.480 e. The highest BCUT2D eigenvalue weighted by atomic mass is 16.4. The van der Waals surface area contributed by atoms with Gasteiger partial charge in [-0.05, 0) is 25.7 Å². The van der Waals surface area contributed by atoms with Crippen LogP contribution in [0.5, 0.6) is 0 Å². The van der Waals surface area contributed by atoms with E-state index in [0.717, 1.165) is 31.6 Å². The maximum atomic E-state index is 11.3. The number of aliphatic hydroxyl groups is 1. The van der Waals surface area contributed by atoms with Crippen LogP contribution in [-0.2, 0) is 4.79 Å². The molecule has 1 aromatic rings. The van der Waals surface area contributed by atoms with Gasteiger partial charge in [0.1, 0.15) is 24.0 Å². The Morgan fingerprint density at radius 1 is 1.19 bits per heavy atom. The van der Waals surface area contributed by atoms with Crippen molar-refractivity contribution in [3.05, 3.63) is 12.4 Å². The maximum absolute atomic E-state index is 11.3. The van der Waals surface area contributed by atoms with Crippen molar-refractivity contribution in [2.45, 2.75) is 37.8 Å². The number of carbonyl (C=O) groups is 1. The summed E-state index contributed by atoms with van der Waals surface area (Å²) in [6.45, 7) is 1.68. The molecule has 2 saturated heterocycles. The SMILES string of the molecule is O=C(O)[C@H]1CCCN1c1cc(N2CCCC2CO)ncn1. The second kappa shape index (κ2) is 5.85. The predicted octanol–water partition coefficient (Wildman–Crippen LogP) is 0.491. The Morgan fingerprint density at radius 3 is 2.57 bits per heavy atom. The van der Waals surface area contributed by atoms with Gasteiger partial charge in [0, 0.05) is 19.2 Å². The Hall–Kier alpha value is -1.89. The van der Waals surface area contributed by atoms with Gasteiger partial charge in [-0.3, -0.25) is 0 Å². The first kappa shape index (κ1) is 14.1. The Bertz CT molecular complexity index is 525. The number of hydrogen-bond donors (Lipinski definition) is 2. The number of nitrogens with zero attached hydrogens (tertiary/aromatic N) is 4. The Kier molecular flexibility index (Phi) is 3.92. The van der Waals surface area contributed by atoms with E-state index in [9.17, 15) is 15.0 Å². The number of hydrogen-bond acceptors (Lipinski definition) is 6. The van der Waals surface area contributed by atoms with Gasteiger partial charge in [-0.15, -0.1) is 0 Å². The summed E-state index contributed by atoms with van der Waals surface area (Å²) < 4.78 is 0. The summed E-state index contributed by atoms with van der Waals surface area (Å²) in [4.78, 5) is 23.7. The Labute approximate surface area is 123 Å². The lowest BCUT2D eigenvalue weighted by Gasteiger charge is -2.26. The van der Waals surface area contributed by atoms with Gasteiger partial charge in [-0.25, -0.2) is 14.8 Å². The normalized spacial score (nSPS) is 25.6. The van der Waals surface area contributed by atoms with Crippen molar-refractivity contribution in [2.24, 2.45) is 0 Å². The molecule has 0 aromatic carbocycles. The number of aromatic nitrogens is 2. The predicted molar refractivity (Wildman–Crippen MR) is 77.5 cm³/mol. The van der Waals surface area contributed by atoms with Crippen molar-refractivity contribution in [1.29, 1.82) is 0 Å². The number of carboxylic acid groups (broad SMARTS) is 1. The van der Waals surface area contributed by atoms with Crippen LogP contribution in [0, 0.1) is 0 Å². The van der Waals surface area contributed by atoms with Crippen LogP contribution in [0.25, 0.3) is 0 Å². The summed E-state index contributed by atoms with van der Waals surface area (Å²) in [5.41, 5.74) is 0. The van der Waals surface area contributed by atoms with Gasteiger partial charge in [0.05, 0.1) is 12.6 Å². The topological polar surface area (TPSA) is 89.8 Å². The Balaban J connectivity index is 1.84. The molecular formula is C14H20N4O3. The van der Waals surface area contributed by atoms with Crippen LogP contribution >= 0.6 is 0 Å². The van der Waals surface area contributed by atoms with E-state index in [1.54, 1.807) is 0 Å². The van der Waals surface area contributed by atoms with Gasteiger partial charge in [0.15, 0.2) is 0 Å². The molecule has 3 rings (SSSR count). The van der Waals surface area contributed by atoms with Crippen LogP contribution < -0.4 is 9.80 Å². The van der Waals surface area contributed by atoms with Crippen molar-refractivity contribution in [3.63, 3.8) is 0 Å². The van der Waals surface area contributed by atoms with Gasteiger partial charge in [0.2, 0.25) is 0 Å². The minimum atomic E-state index is -0.804. The largest absolute Gasteiger partial charge is 0.480 e. The standard InChI is InChI=1S/C14H20N4O3/c19-8-10-3-1-5-17(10)12-7-13(16-9-15-12)18-6-2-4-11(18)14(20)21/h7,9-11,19H,1-6,8H2,(H,20,21)/t10?,11-/m1/s1. The molecule has 1 unspecified atom stereocenters. The smallest absolute Gasteiger partial charge is 0.326 e. The van der Waals surface area contributed by atoms with Crippen LogP contribution in [-0.4, -0.2) is 57.9 Å². The third-order valence-corrected chi connectivity index (χ3v) is 4.35. The van der Waals surface area contributed by atoms with Crippen LogP contribution in [0.1, 0.15) is 25.7 Å². The fourth-order valence-electron chi connectivity index (χ4n) is 3.28. The summed E-state index contributed by atoms with van der Waals surface area (Å²) in [6, 6.07) is 1.44. The van der Waals surface area contributed by atoms with Crippen molar-refractivity contribution in [3.8, 4) is 0 Å². The van der Waals surface area contributed by atoms with E-state index >= 15 is 0 Å². The summed E-state index contributed by atoms with van der Waals surface area (Å²) in [5, 5.41) is 18.7. The highest BCUT2D eigenvalue weighted by Crippen LogP contribution is 2.29. The van der Waals surface area contributed by atoms with Crippen molar-refractivity contribution >= 4 is 17.6 Å². The molecule has 0 aliphatic carbocycles. The molecule has 0 saturated carbocycles. The van der Waals surface area contributed by atoms with Gasteiger partial charge < -0.3 is 20.0 Å². The van der Waals surface area contributed by atoms with Crippen molar-refractivity contribution < 1.29 is 15.0 Å². The monoisotopic (exact) mass is 292 g/mol. The van der Waals surface area contributed by atoms with E-state index < -0.39 is 12.0 Å². The molecule has 7 nitrogen and oxygen atoms in total. The summed E-state index contributed by atoms with van der Waals surface area (Å²) >= 11 is 0. The van der Waals surface area contributed by atoms with E-state index in [1.807, 2.05) is 11.0 Å². The molecule has 3 heterocycles. The molecule has 2 aliphatic heterocycles. The van der Waals surface area contributed by atoms with Crippen LogP contribution in [0.3, 0.4) is 0 Å². The fraction of sp³-hybridized carbons (Fsp3) is 0.643. The zero-order valence-electron chi connectivity index (χ0n) is 11.9. The van der Waals surface area contributed by atoms with E-state index in [-0.39, 0.29) is 12.6 Å². The Morgan fingerprint density at radius 2 is 1.86 bits per heavy atom. The molecule has 7 heteroatoms. The van der Waals surface area contributed by atoms with Gasteiger partial charge in [-0.1, -0.05) is 0 Å². The first-order valence-corrected chi connectivity index (χ1v) is 7.39. The van der Waals surface area contributed by atoms with E-state index in [4.69, 9.17) is 0 Å². The van der Waals surface area contributed by atoms with Gasteiger partial charge >= 0.3 is 5.97 Å². The van der Waals surface area contributed by atoms with Crippen molar-refractivity contribution in [1.82, 2.24) is 9.97 Å². The molecular weight excluding hydrogens is 272 g/mol. The number of aliphatic hydroxyl groups excluding tert-OH is 1. The van der Waals surface area contributed by atoms with Crippen LogP contribution in [0.15, 0.2) is 12.4 Å². The number of rotatable bonds is 4. The number of aliphatic carboxylic acids is 1. The molecule has 0 bridgehead atoms. The minimum absolute atomic E-state index is 0.0987. The number of carboxylic acids is 1. The third kappa shape index (κ3) is 2.65. The molecule has 2 atom stereocenters. The molecule has 114 valence electrons. The lowest BCUT2D eigenvalue weighted by Crippen LogP contribution is -2.37. The van der Waals surface area contributed by atoms with Crippen LogP contribution in [0.4, 0.5) is 11.6 Å². The molecule has 0 spiro atoms. The second-order valence-corrected chi connectivity index (χ2v) is 5.60. The zero-order valence-corrected chi connectivity index (χ0v) is 11.9. The lowest BCUT2D eigenvalue weighted by atomic mass is 10.2. The molecule has 1 aromatic heterocycles. The fourth-order valence-corrected chi connectivity index (χ4v) is 3.28. The molecule has 2 fully saturated rings. The first-order chi connectivity index (χ1) is 10.2. The van der Waals surface area contributed by atoms with Crippen LogP contribution in [0.2, 0.25) is 0 Å². The summed E-state index contributed by atoms with van der Waals surface area (Å²) in [7, 11) is 0. The van der Waals surface area contributed by atoms with E-state index in [0.29, 0.717) is 18.8 Å². The number of anilines is 2. The average molecular weight is 292 g/mol. The molecule has 0 radical (unpaired) electrons. The summed E-state index contributed by atoms with van der Waals surface area (Å²) in [5.74, 6) is 0.628. The molecule has 0 amide bonds. The van der Waals surface area contributed by atoms with Crippen molar-refractivity contribution in [2.75, 3.05) is 29.5 Å². The van der Waals surface area contributed by atoms with Gasteiger partial charge in [-0.2, -0.15) is 0 Å². The quantitative estimate of drug-likeness (QED) is 0.834. The lowest BCUT2D eigenvalue weighted by molar-refractivity contribution is -0.138. The zero-order chi connectivity index (χ0) is 14.8. The average Bonchev–Trinajstić information content (AvgIpc) is 3.16. The highest BCUT2D eigenvalue weighted by Gasteiger charge is 2.32. The maximum Gasteiger partial charge on any atom is 0.326 e. The van der Waals surface area contributed by atoms with E-state index in [2.05, 4.69) is 14.9 Å². The molecule has 2 N–H and O–H groups in total. The molecule has 2 aliphatic rings. The summed E-state index contributed by atoms with van der Waals surface area (Å²) in [6.07, 6.45) is 4.98. The first-order valence-electron chi connectivity index (χ1n) is 7.39. The van der Waals surface area contributed by atoms with Gasteiger partial charge in [0.25, 0.3) is 0 Å². The highest BCUT2D eigenvalue weighted by molar-refractivity contribution is 5.78. The molecule has 21 heavy (non-hydrogen) atoms. The third-order valence-electron chi connectivity index (χ3n) is 4.35. The van der Waals surface area contributed by atoms with E-state index in [1.165, 1.54) is 6.33 Å². The second-order valence-electron chi connectivity index (χ2n) is 5.60.